The molecule has 2 aromatic heterocycles. The third kappa shape index (κ3) is 2.72. The van der Waals surface area contributed by atoms with E-state index in [0.717, 1.165) is 18.0 Å². The fourth-order valence-corrected chi connectivity index (χ4v) is 2.86. The van der Waals surface area contributed by atoms with E-state index >= 15 is 0 Å². The second kappa shape index (κ2) is 5.70. The van der Waals surface area contributed by atoms with Gasteiger partial charge in [-0.15, -0.1) is 11.3 Å². The third-order valence-corrected chi connectivity index (χ3v) is 4.09. The van der Waals surface area contributed by atoms with Gasteiger partial charge >= 0.3 is 0 Å². The molecule has 2 aromatic rings. The highest BCUT2D eigenvalue weighted by Gasteiger charge is 2.28. The number of nitrogens with two attached hydrogens (primary N) is 1. The Balaban J connectivity index is 1.72. The van der Waals surface area contributed by atoms with Crippen LogP contribution in [-0.4, -0.2) is 46.6 Å². The fourth-order valence-electron chi connectivity index (χ4n) is 2.22. The number of hydrogen-bond donors (Lipinski definition) is 2. The number of nitrogens with one attached hydrogen (secondary N) is 1. The minimum absolute atomic E-state index is 0.326. The second-order valence-corrected chi connectivity index (χ2v) is 5.53. The Kier molecular flexibility index (Phi) is 3.77. The molecule has 0 radical (unpaired) electrons. The first-order valence-corrected chi connectivity index (χ1v) is 7.22. The molecule has 3 N–H and O–H groups in total. The first kappa shape index (κ1) is 13.2. The molecule has 20 heavy (non-hydrogen) atoms. The SMILES string of the molecule is NC(=O)C1CNCCN1Cc1noc(-c2cccs2)n1. The number of piperazine rings is 1. The third-order valence-electron chi connectivity index (χ3n) is 3.23. The molecule has 8 heteroatoms. The fraction of sp³-hybridized carbons (Fsp3) is 0.417. The van der Waals surface area contributed by atoms with Crippen LogP contribution in [0.3, 0.4) is 0 Å². The van der Waals surface area contributed by atoms with Crippen molar-refractivity contribution in [2.45, 2.75) is 12.6 Å². The summed E-state index contributed by atoms with van der Waals surface area (Å²) in [7, 11) is 0. The topological polar surface area (TPSA) is 97.3 Å². The van der Waals surface area contributed by atoms with Gasteiger partial charge in [-0.3, -0.25) is 9.69 Å². The number of amides is 1. The molecule has 1 aliphatic rings. The summed E-state index contributed by atoms with van der Waals surface area (Å²) < 4.78 is 5.24. The lowest BCUT2D eigenvalue weighted by Gasteiger charge is -2.32. The highest BCUT2D eigenvalue weighted by atomic mass is 32.1. The molecule has 0 aliphatic carbocycles. The van der Waals surface area contributed by atoms with Crippen LogP contribution >= 0.6 is 11.3 Å². The van der Waals surface area contributed by atoms with Crippen LogP contribution in [0.4, 0.5) is 0 Å². The van der Waals surface area contributed by atoms with Gasteiger partial charge in [0.1, 0.15) is 6.04 Å². The number of nitrogens with zero attached hydrogens (tertiary/aromatic N) is 3. The molecule has 1 atom stereocenters. The zero-order valence-corrected chi connectivity index (χ0v) is 11.6. The van der Waals surface area contributed by atoms with Crippen molar-refractivity contribution in [3.63, 3.8) is 0 Å². The molecular formula is C12H15N5O2S. The average molecular weight is 293 g/mol. The number of thiophene rings is 1. The van der Waals surface area contributed by atoms with Crippen LogP contribution in [-0.2, 0) is 11.3 Å². The average Bonchev–Trinajstić information content (AvgIpc) is 3.09. The smallest absolute Gasteiger partial charge is 0.268 e. The number of hydrogen-bond acceptors (Lipinski definition) is 7. The van der Waals surface area contributed by atoms with Gasteiger partial charge in [-0.25, -0.2) is 0 Å². The number of carbonyl (C=O) groups is 1. The van der Waals surface area contributed by atoms with Crippen LogP contribution in [0.5, 0.6) is 0 Å². The van der Waals surface area contributed by atoms with Crippen molar-refractivity contribution in [2.75, 3.05) is 19.6 Å². The van der Waals surface area contributed by atoms with Crippen LogP contribution in [0.2, 0.25) is 0 Å². The highest BCUT2D eigenvalue weighted by molar-refractivity contribution is 7.13. The minimum atomic E-state index is -0.334. The van der Waals surface area contributed by atoms with Crippen molar-refractivity contribution in [1.82, 2.24) is 20.4 Å². The van der Waals surface area contributed by atoms with Crippen molar-refractivity contribution in [2.24, 2.45) is 5.73 Å². The van der Waals surface area contributed by atoms with Gasteiger partial charge in [-0.2, -0.15) is 4.98 Å². The normalized spacial score (nSPS) is 20.1. The number of carbonyl (C=O) groups excluding carboxylic acids is 1. The number of rotatable bonds is 4. The van der Waals surface area contributed by atoms with Crippen molar-refractivity contribution < 1.29 is 9.32 Å². The van der Waals surface area contributed by atoms with Gasteiger partial charge in [0.05, 0.1) is 11.4 Å². The lowest BCUT2D eigenvalue weighted by molar-refractivity contribution is -0.124. The van der Waals surface area contributed by atoms with Crippen LogP contribution in [0.25, 0.3) is 10.8 Å². The van der Waals surface area contributed by atoms with Crippen molar-refractivity contribution in [1.29, 1.82) is 0 Å². The summed E-state index contributed by atoms with van der Waals surface area (Å²) in [5.41, 5.74) is 5.41. The van der Waals surface area contributed by atoms with E-state index in [-0.39, 0.29) is 11.9 Å². The monoisotopic (exact) mass is 293 g/mol. The van der Waals surface area contributed by atoms with Gasteiger partial charge in [-0.1, -0.05) is 11.2 Å². The Hall–Kier alpha value is -1.77. The molecule has 7 nitrogen and oxygen atoms in total. The summed E-state index contributed by atoms with van der Waals surface area (Å²) in [4.78, 5) is 18.7. The van der Waals surface area contributed by atoms with E-state index < -0.39 is 0 Å². The molecule has 3 heterocycles. The quantitative estimate of drug-likeness (QED) is 0.827. The highest BCUT2D eigenvalue weighted by Crippen LogP contribution is 2.22. The molecule has 0 saturated carbocycles. The molecule has 1 amide bonds. The maximum Gasteiger partial charge on any atom is 0.268 e. The molecule has 1 aliphatic heterocycles. The van der Waals surface area contributed by atoms with Crippen molar-refractivity contribution in [3.8, 4) is 10.8 Å². The van der Waals surface area contributed by atoms with Gasteiger partial charge in [0, 0.05) is 19.6 Å². The Morgan fingerprint density at radius 1 is 1.65 bits per heavy atom. The Bertz CT molecular complexity index is 582. The van der Waals surface area contributed by atoms with E-state index in [1.54, 1.807) is 11.3 Å². The predicted molar refractivity (Wildman–Crippen MR) is 73.9 cm³/mol. The summed E-state index contributed by atoms with van der Waals surface area (Å²) in [6.45, 7) is 2.57. The molecule has 0 aromatic carbocycles. The van der Waals surface area contributed by atoms with E-state index in [2.05, 4.69) is 15.5 Å². The molecule has 0 bridgehead atoms. The molecule has 1 unspecified atom stereocenters. The molecule has 106 valence electrons. The Morgan fingerprint density at radius 2 is 2.55 bits per heavy atom. The summed E-state index contributed by atoms with van der Waals surface area (Å²) in [6, 6.07) is 3.54. The van der Waals surface area contributed by atoms with Crippen LogP contribution in [0.1, 0.15) is 5.82 Å². The van der Waals surface area contributed by atoms with Gasteiger partial charge in [0.2, 0.25) is 5.91 Å². The van der Waals surface area contributed by atoms with E-state index in [9.17, 15) is 4.79 Å². The predicted octanol–water partition coefficient (Wildman–Crippen LogP) is 0.0572. The van der Waals surface area contributed by atoms with Crippen LogP contribution in [0, 0.1) is 0 Å². The van der Waals surface area contributed by atoms with Crippen LogP contribution < -0.4 is 11.1 Å². The van der Waals surface area contributed by atoms with Gasteiger partial charge < -0.3 is 15.6 Å². The largest absolute Gasteiger partial charge is 0.368 e. The van der Waals surface area contributed by atoms with E-state index in [4.69, 9.17) is 10.3 Å². The number of primary amides is 1. The minimum Gasteiger partial charge on any atom is -0.368 e. The molecular weight excluding hydrogens is 278 g/mol. The van der Waals surface area contributed by atoms with Gasteiger partial charge in [0.25, 0.3) is 5.89 Å². The number of aromatic nitrogens is 2. The van der Waals surface area contributed by atoms with Gasteiger partial charge in [-0.05, 0) is 11.4 Å². The van der Waals surface area contributed by atoms with E-state index in [1.807, 2.05) is 22.4 Å². The van der Waals surface area contributed by atoms with Gasteiger partial charge in [0.15, 0.2) is 5.82 Å². The Labute approximate surface area is 119 Å². The molecule has 0 spiro atoms. The first-order valence-electron chi connectivity index (χ1n) is 6.34. The van der Waals surface area contributed by atoms with Crippen LogP contribution in [0.15, 0.2) is 22.0 Å². The summed E-state index contributed by atoms with van der Waals surface area (Å²) in [6.07, 6.45) is 0. The second-order valence-electron chi connectivity index (χ2n) is 4.59. The lowest BCUT2D eigenvalue weighted by atomic mass is 10.2. The standard InChI is InChI=1S/C12H15N5O2S/c13-11(18)8-6-14-3-4-17(8)7-10-15-12(19-16-10)9-2-1-5-20-9/h1-2,5,8,14H,3-4,6-7H2,(H2,13,18). The zero-order valence-electron chi connectivity index (χ0n) is 10.8. The zero-order chi connectivity index (χ0) is 13.9. The maximum absolute atomic E-state index is 11.4. The molecule has 3 rings (SSSR count). The lowest BCUT2D eigenvalue weighted by Crippen LogP contribution is -2.56. The maximum atomic E-state index is 11.4. The van der Waals surface area contributed by atoms with Crippen molar-refractivity contribution in [3.05, 3.63) is 23.3 Å². The summed E-state index contributed by atoms with van der Waals surface area (Å²) in [5.74, 6) is 0.751. The van der Waals surface area contributed by atoms with Crippen molar-refractivity contribution >= 4 is 17.2 Å². The molecule has 1 fully saturated rings. The molecule has 1 saturated heterocycles. The van der Waals surface area contributed by atoms with E-state index in [0.29, 0.717) is 24.8 Å². The van der Waals surface area contributed by atoms with E-state index in [1.165, 1.54) is 0 Å². The Morgan fingerprint density at radius 3 is 3.30 bits per heavy atom. The summed E-state index contributed by atoms with van der Waals surface area (Å²) >= 11 is 1.55. The summed E-state index contributed by atoms with van der Waals surface area (Å²) in [5, 5.41) is 9.08. The first-order chi connectivity index (χ1) is 9.74.